The van der Waals surface area contributed by atoms with Crippen molar-refractivity contribution in [2.45, 2.75) is 26.3 Å². The molecule has 1 aromatic carbocycles. The number of nitrogens with zero attached hydrogens (tertiary/aromatic N) is 1. The maximum atomic E-state index is 9.18. The smallest absolute Gasteiger partial charge is 0.0954 e. The predicted molar refractivity (Wildman–Crippen MR) is 87.8 cm³/mol. The van der Waals surface area contributed by atoms with Gasteiger partial charge in [0, 0.05) is 34.4 Å². The molecule has 0 bridgehead atoms. The summed E-state index contributed by atoms with van der Waals surface area (Å²) in [6.07, 6.45) is 2.48. The van der Waals surface area contributed by atoms with Crippen LogP contribution in [0, 0.1) is 5.92 Å². The van der Waals surface area contributed by atoms with Crippen LogP contribution in [0.5, 0.6) is 0 Å². The first kappa shape index (κ1) is 15.1. The standard InChI is InChI=1S/C15H20BrN3O/c1-9(2)13(5-6-20)19-14-4-3-12(17)11-7-10(16)8-18-15(11)14/h3-4,7-9,13,19-20H,5-6,17H2,1-2H3. The topological polar surface area (TPSA) is 71.2 Å². The Morgan fingerprint density at radius 3 is 2.80 bits per heavy atom. The Bertz CT molecular complexity index is 601. The molecule has 0 saturated heterocycles. The number of nitrogens with one attached hydrogen (secondary N) is 1. The monoisotopic (exact) mass is 337 g/mol. The average Bonchev–Trinajstić information content (AvgIpc) is 2.41. The van der Waals surface area contributed by atoms with Gasteiger partial charge in [-0.25, -0.2) is 0 Å². The normalized spacial score (nSPS) is 12.8. The number of aromatic nitrogens is 1. The molecule has 0 fully saturated rings. The molecule has 0 saturated carbocycles. The van der Waals surface area contributed by atoms with Gasteiger partial charge in [0.1, 0.15) is 0 Å². The molecule has 5 heteroatoms. The van der Waals surface area contributed by atoms with Crippen molar-refractivity contribution in [1.29, 1.82) is 0 Å². The van der Waals surface area contributed by atoms with E-state index in [2.05, 4.69) is 40.1 Å². The molecule has 1 aromatic heterocycles. The quantitative estimate of drug-likeness (QED) is 0.731. The van der Waals surface area contributed by atoms with Crippen LogP contribution in [0.25, 0.3) is 10.9 Å². The highest BCUT2D eigenvalue weighted by atomic mass is 79.9. The van der Waals surface area contributed by atoms with Crippen molar-refractivity contribution in [3.63, 3.8) is 0 Å². The summed E-state index contributed by atoms with van der Waals surface area (Å²) >= 11 is 3.42. The molecule has 4 nitrogen and oxygen atoms in total. The van der Waals surface area contributed by atoms with Gasteiger partial charge < -0.3 is 16.2 Å². The average molecular weight is 338 g/mol. The molecule has 0 aliphatic rings. The Labute approximate surface area is 127 Å². The summed E-state index contributed by atoms with van der Waals surface area (Å²) in [5, 5.41) is 13.6. The number of benzene rings is 1. The molecule has 2 aromatic rings. The molecule has 0 aliphatic heterocycles. The molecule has 0 amide bonds. The molecular weight excluding hydrogens is 318 g/mol. The molecule has 1 unspecified atom stereocenters. The van der Waals surface area contributed by atoms with Gasteiger partial charge in [0.05, 0.1) is 11.2 Å². The van der Waals surface area contributed by atoms with Gasteiger partial charge in [0.2, 0.25) is 0 Å². The summed E-state index contributed by atoms with van der Waals surface area (Å²) in [7, 11) is 0. The van der Waals surface area contributed by atoms with Gasteiger partial charge in [-0.2, -0.15) is 0 Å². The highest BCUT2D eigenvalue weighted by molar-refractivity contribution is 9.10. The van der Waals surface area contributed by atoms with Crippen LogP contribution in [0.15, 0.2) is 28.9 Å². The molecule has 108 valence electrons. The number of nitrogens with two attached hydrogens (primary N) is 1. The third-order valence-electron chi connectivity index (χ3n) is 3.44. The fourth-order valence-electron chi connectivity index (χ4n) is 2.24. The van der Waals surface area contributed by atoms with E-state index in [0.717, 1.165) is 21.1 Å². The summed E-state index contributed by atoms with van der Waals surface area (Å²) in [6, 6.07) is 6.01. The third-order valence-corrected chi connectivity index (χ3v) is 3.87. The van der Waals surface area contributed by atoms with Crippen molar-refractivity contribution in [2.75, 3.05) is 17.7 Å². The van der Waals surface area contributed by atoms with Gasteiger partial charge in [0.25, 0.3) is 0 Å². The van der Waals surface area contributed by atoms with Crippen molar-refractivity contribution in [2.24, 2.45) is 5.92 Å². The number of halogens is 1. The van der Waals surface area contributed by atoms with Crippen molar-refractivity contribution in [3.05, 3.63) is 28.9 Å². The minimum Gasteiger partial charge on any atom is -0.398 e. The van der Waals surface area contributed by atoms with Crippen LogP contribution >= 0.6 is 15.9 Å². The minimum absolute atomic E-state index is 0.168. The zero-order valence-corrected chi connectivity index (χ0v) is 13.3. The van der Waals surface area contributed by atoms with Gasteiger partial charge >= 0.3 is 0 Å². The molecule has 2 rings (SSSR count). The summed E-state index contributed by atoms with van der Waals surface area (Å²) in [6.45, 7) is 4.44. The van der Waals surface area contributed by atoms with Crippen LogP contribution in [0.2, 0.25) is 0 Å². The first-order chi connectivity index (χ1) is 9.52. The van der Waals surface area contributed by atoms with Gasteiger partial charge in [-0.05, 0) is 46.5 Å². The van der Waals surface area contributed by atoms with Gasteiger partial charge in [-0.3, -0.25) is 4.98 Å². The fourth-order valence-corrected chi connectivity index (χ4v) is 2.57. The zero-order chi connectivity index (χ0) is 14.7. The van der Waals surface area contributed by atoms with Crippen LogP contribution in [0.3, 0.4) is 0 Å². The number of hydrogen-bond acceptors (Lipinski definition) is 4. The van der Waals surface area contributed by atoms with E-state index in [0.29, 0.717) is 18.0 Å². The summed E-state index contributed by atoms with van der Waals surface area (Å²) < 4.78 is 0.907. The lowest BCUT2D eigenvalue weighted by atomic mass is 10.0. The lowest BCUT2D eigenvalue weighted by Gasteiger charge is -2.23. The molecule has 20 heavy (non-hydrogen) atoms. The van der Waals surface area contributed by atoms with E-state index in [1.54, 1.807) is 6.20 Å². The minimum atomic E-state index is 0.168. The SMILES string of the molecule is CC(C)C(CCO)Nc1ccc(N)c2cc(Br)cnc12. The van der Waals surface area contributed by atoms with E-state index in [9.17, 15) is 5.11 Å². The Morgan fingerprint density at radius 1 is 1.40 bits per heavy atom. The van der Waals surface area contributed by atoms with Gasteiger partial charge in [-0.1, -0.05) is 13.8 Å². The zero-order valence-electron chi connectivity index (χ0n) is 11.7. The molecule has 0 radical (unpaired) electrons. The van der Waals surface area contributed by atoms with E-state index in [4.69, 9.17) is 5.73 Å². The molecule has 4 N–H and O–H groups in total. The van der Waals surface area contributed by atoms with Gasteiger partial charge in [0.15, 0.2) is 0 Å². The van der Waals surface area contributed by atoms with E-state index in [1.165, 1.54) is 0 Å². The second kappa shape index (κ2) is 6.41. The summed E-state index contributed by atoms with van der Waals surface area (Å²) in [4.78, 5) is 4.46. The van der Waals surface area contributed by atoms with E-state index < -0.39 is 0 Å². The van der Waals surface area contributed by atoms with Crippen LogP contribution in [-0.2, 0) is 0 Å². The second-order valence-corrected chi connectivity index (χ2v) is 6.17. The van der Waals surface area contributed by atoms with E-state index in [-0.39, 0.29) is 12.6 Å². The van der Waals surface area contributed by atoms with Gasteiger partial charge in [-0.15, -0.1) is 0 Å². The second-order valence-electron chi connectivity index (χ2n) is 5.26. The molecule has 0 spiro atoms. The number of nitrogen functional groups attached to an aromatic ring is 1. The predicted octanol–water partition coefficient (Wildman–Crippen LogP) is 3.40. The Hall–Kier alpha value is -1.33. The van der Waals surface area contributed by atoms with Crippen molar-refractivity contribution in [1.82, 2.24) is 4.98 Å². The summed E-state index contributed by atoms with van der Waals surface area (Å²) in [5.74, 6) is 0.421. The third kappa shape index (κ3) is 3.22. The number of aliphatic hydroxyl groups is 1. The maximum Gasteiger partial charge on any atom is 0.0954 e. The van der Waals surface area contributed by atoms with E-state index in [1.807, 2.05) is 18.2 Å². The fraction of sp³-hybridized carbons (Fsp3) is 0.400. The Morgan fingerprint density at radius 2 is 2.15 bits per heavy atom. The van der Waals surface area contributed by atoms with Crippen molar-refractivity contribution < 1.29 is 5.11 Å². The van der Waals surface area contributed by atoms with Crippen LogP contribution < -0.4 is 11.1 Å². The van der Waals surface area contributed by atoms with Crippen LogP contribution in [0.1, 0.15) is 20.3 Å². The van der Waals surface area contributed by atoms with E-state index >= 15 is 0 Å². The van der Waals surface area contributed by atoms with Crippen molar-refractivity contribution >= 4 is 38.2 Å². The van der Waals surface area contributed by atoms with Crippen molar-refractivity contribution in [3.8, 4) is 0 Å². The highest BCUT2D eigenvalue weighted by Gasteiger charge is 2.15. The number of hydrogen-bond donors (Lipinski definition) is 3. The number of rotatable bonds is 5. The maximum absolute atomic E-state index is 9.18. The number of aliphatic hydroxyl groups excluding tert-OH is 1. The lowest BCUT2D eigenvalue weighted by molar-refractivity contribution is 0.267. The Balaban J connectivity index is 2.42. The first-order valence-electron chi connectivity index (χ1n) is 6.74. The lowest BCUT2D eigenvalue weighted by Crippen LogP contribution is -2.27. The number of fused-ring (bicyclic) bond motifs is 1. The largest absolute Gasteiger partial charge is 0.398 e. The summed E-state index contributed by atoms with van der Waals surface area (Å²) in [5.41, 5.74) is 8.54. The Kier molecular flexibility index (Phi) is 4.83. The number of anilines is 2. The first-order valence-corrected chi connectivity index (χ1v) is 7.53. The van der Waals surface area contributed by atoms with Crippen LogP contribution in [0.4, 0.5) is 11.4 Å². The van der Waals surface area contributed by atoms with Crippen LogP contribution in [-0.4, -0.2) is 22.7 Å². The molecule has 1 heterocycles. The highest BCUT2D eigenvalue weighted by Crippen LogP contribution is 2.30. The molecular formula is C15H20BrN3O. The molecule has 1 atom stereocenters. The molecule has 0 aliphatic carbocycles. The number of pyridine rings is 1.